The molecule has 0 saturated carbocycles. The standard InChI is InChI=1S/C22H24N4O5S/c27-21-17-5-1-2-6-18(17)32(29,30)26(21)12-4-3-11-25-13-8-15(9-14-25)16-7-10-23-20-19(16)24-22(28)31-20/h1-2,5-7,10,15H,3-4,8-9,11-14H2,(H,24,28). The van der Waals surface area contributed by atoms with E-state index in [2.05, 4.69) is 14.9 Å². The predicted octanol–water partition coefficient (Wildman–Crippen LogP) is 2.32. The molecule has 10 heteroatoms. The number of pyridine rings is 1. The SMILES string of the molecule is O=C1c2ccccc2S(=O)(=O)N1CCCCN1CCC(c2ccnc3oc(=O)[nH]c23)CC1. The molecule has 1 saturated heterocycles. The predicted molar refractivity (Wildman–Crippen MR) is 117 cm³/mol. The third-order valence-corrected chi connectivity index (χ3v) is 8.23. The fourth-order valence-electron chi connectivity index (χ4n) is 4.73. The zero-order chi connectivity index (χ0) is 22.3. The van der Waals surface area contributed by atoms with Crippen LogP contribution in [0.5, 0.6) is 0 Å². The first kappa shape index (κ1) is 20.9. The van der Waals surface area contributed by atoms with Gasteiger partial charge in [0, 0.05) is 12.7 Å². The average Bonchev–Trinajstić information content (AvgIpc) is 3.27. The number of sulfonamides is 1. The second-order valence-electron chi connectivity index (χ2n) is 8.30. The van der Waals surface area contributed by atoms with Crippen molar-refractivity contribution in [3.8, 4) is 0 Å². The van der Waals surface area contributed by atoms with E-state index >= 15 is 0 Å². The highest BCUT2D eigenvalue weighted by molar-refractivity contribution is 7.90. The summed E-state index contributed by atoms with van der Waals surface area (Å²) in [5.74, 6) is -0.586. The molecule has 2 aromatic heterocycles. The van der Waals surface area contributed by atoms with Gasteiger partial charge in [-0.05, 0) is 75.0 Å². The Morgan fingerprint density at radius 3 is 2.59 bits per heavy atom. The molecular formula is C22H24N4O5S. The van der Waals surface area contributed by atoms with Gasteiger partial charge in [0.2, 0.25) is 5.71 Å². The number of aromatic amines is 1. The molecule has 1 fully saturated rings. The van der Waals surface area contributed by atoms with Gasteiger partial charge < -0.3 is 9.32 Å². The largest absolute Gasteiger partial charge is 0.418 e. The fraction of sp³-hybridized carbons (Fsp3) is 0.409. The van der Waals surface area contributed by atoms with Crippen LogP contribution in [0.4, 0.5) is 0 Å². The van der Waals surface area contributed by atoms with Crippen LogP contribution < -0.4 is 5.76 Å². The molecule has 5 rings (SSSR count). The molecule has 168 valence electrons. The smallest absolute Gasteiger partial charge is 0.389 e. The van der Waals surface area contributed by atoms with E-state index in [-0.39, 0.29) is 17.0 Å². The maximum Gasteiger partial charge on any atom is 0.418 e. The lowest BCUT2D eigenvalue weighted by Crippen LogP contribution is -2.35. The first-order chi connectivity index (χ1) is 15.4. The molecule has 9 nitrogen and oxygen atoms in total. The molecule has 2 aliphatic rings. The number of aromatic nitrogens is 2. The number of carbonyl (C=O) groups excluding carboxylic acids is 1. The number of amides is 1. The number of piperidine rings is 1. The highest BCUT2D eigenvalue weighted by Gasteiger charge is 2.40. The van der Waals surface area contributed by atoms with E-state index < -0.39 is 21.7 Å². The Bertz CT molecular complexity index is 1320. The average molecular weight is 457 g/mol. The highest BCUT2D eigenvalue weighted by Crippen LogP contribution is 2.32. The number of benzene rings is 1. The molecule has 1 N–H and O–H groups in total. The van der Waals surface area contributed by atoms with Crippen LogP contribution in [0.3, 0.4) is 0 Å². The molecule has 1 aromatic carbocycles. The number of carbonyl (C=O) groups is 1. The topological polar surface area (TPSA) is 117 Å². The maximum absolute atomic E-state index is 12.6. The Morgan fingerprint density at radius 2 is 1.81 bits per heavy atom. The molecular weight excluding hydrogens is 432 g/mol. The van der Waals surface area contributed by atoms with Gasteiger partial charge in [-0.3, -0.25) is 9.78 Å². The molecule has 0 unspecified atom stereocenters. The summed E-state index contributed by atoms with van der Waals surface area (Å²) in [7, 11) is -3.72. The lowest BCUT2D eigenvalue weighted by atomic mass is 9.89. The summed E-state index contributed by atoms with van der Waals surface area (Å²) in [6.45, 7) is 2.90. The van der Waals surface area contributed by atoms with Gasteiger partial charge in [-0.2, -0.15) is 0 Å². The number of hydrogen-bond donors (Lipinski definition) is 1. The minimum Gasteiger partial charge on any atom is -0.389 e. The summed E-state index contributed by atoms with van der Waals surface area (Å²) in [5.41, 5.74) is 2.37. The highest BCUT2D eigenvalue weighted by atomic mass is 32.2. The van der Waals surface area contributed by atoms with Crippen LogP contribution >= 0.6 is 0 Å². The van der Waals surface area contributed by atoms with Crippen molar-refractivity contribution in [3.63, 3.8) is 0 Å². The first-order valence-corrected chi connectivity index (χ1v) is 12.3. The number of oxazole rings is 1. The quantitative estimate of drug-likeness (QED) is 0.566. The number of unbranched alkanes of at least 4 members (excludes halogenated alkanes) is 1. The summed E-state index contributed by atoms with van der Waals surface area (Å²) in [5, 5.41) is 0. The molecule has 0 atom stereocenters. The Labute approximate surface area is 185 Å². The second kappa shape index (κ2) is 8.18. The van der Waals surface area contributed by atoms with Gasteiger partial charge in [0.15, 0.2) is 0 Å². The molecule has 0 spiro atoms. The van der Waals surface area contributed by atoms with E-state index in [0.29, 0.717) is 23.6 Å². The van der Waals surface area contributed by atoms with Gasteiger partial charge in [-0.1, -0.05) is 12.1 Å². The second-order valence-corrected chi connectivity index (χ2v) is 10.1. The number of nitrogens with one attached hydrogen (secondary N) is 1. The van der Waals surface area contributed by atoms with Gasteiger partial charge >= 0.3 is 5.76 Å². The van der Waals surface area contributed by atoms with Crippen LogP contribution in [0.1, 0.15) is 47.5 Å². The van der Waals surface area contributed by atoms with Crippen LogP contribution in [-0.4, -0.2) is 59.7 Å². The summed E-state index contributed by atoms with van der Waals surface area (Å²) >= 11 is 0. The van der Waals surface area contributed by atoms with Crippen molar-refractivity contribution < 1.29 is 17.6 Å². The van der Waals surface area contributed by atoms with E-state index in [1.807, 2.05) is 6.07 Å². The van der Waals surface area contributed by atoms with Crippen LogP contribution in [-0.2, 0) is 10.0 Å². The normalized spacial score (nSPS) is 19.0. The Hall–Kier alpha value is -2.98. The number of fused-ring (bicyclic) bond motifs is 2. The van der Waals surface area contributed by atoms with Crippen LogP contribution in [0.25, 0.3) is 11.2 Å². The van der Waals surface area contributed by atoms with Crippen molar-refractivity contribution in [1.29, 1.82) is 0 Å². The summed E-state index contributed by atoms with van der Waals surface area (Å²) in [6.07, 6.45) is 5.03. The third kappa shape index (κ3) is 3.63. The molecule has 0 aliphatic carbocycles. The number of hydrogen-bond acceptors (Lipinski definition) is 7. The molecule has 3 aromatic rings. The lowest BCUT2D eigenvalue weighted by Gasteiger charge is -2.32. The fourth-order valence-corrected chi connectivity index (χ4v) is 6.33. The van der Waals surface area contributed by atoms with E-state index in [4.69, 9.17) is 4.42 Å². The molecule has 32 heavy (non-hydrogen) atoms. The zero-order valence-corrected chi connectivity index (χ0v) is 18.3. The first-order valence-electron chi connectivity index (χ1n) is 10.8. The van der Waals surface area contributed by atoms with E-state index in [1.54, 1.807) is 24.4 Å². The van der Waals surface area contributed by atoms with Gasteiger partial charge in [0.1, 0.15) is 10.4 Å². The van der Waals surface area contributed by atoms with Crippen molar-refractivity contribution in [2.75, 3.05) is 26.2 Å². The van der Waals surface area contributed by atoms with Crippen molar-refractivity contribution >= 4 is 27.2 Å². The van der Waals surface area contributed by atoms with Gasteiger partial charge in [0.25, 0.3) is 15.9 Å². The van der Waals surface area contributed by atoms with Gasteiger partial charge in [-0.25, -0.2) is 22.5 Å². The molecule has 4 heterocycles. The number of rotatable bonds is 6. The Balaban J connectivity index is 1.12. The van der Waals surface area contributed by atoms with Crippen molar-refractivity contribution in [3.05, 3.63) is 58.2 Å². The monoisotopic (exact) mass is 456 g/mol. The van der Waals surface area contributed by atoms with Crippen molar-refractivity contribution in [2.45, 2.75) is 36.5 Å². The van der Waals surface area contributed by atoms with E-state index in [1.165, 1.54) is 6.07 Å². The summed E-state index contributed by atoms with van der Waals surface area (Å²) < 4.78 is 31.3. The van der Waals surface area contributed by atoms with Crippen LogP contribution in [0.15, 0.2) is 50.6 Å². The molecule has 0 radical (unpaired) electrons. The van der Waals surface area contributed by atoms with Gasteiger partial charge in [-0.15, -0.1) is 0 Å². The van der Waals surface area contributed by atoms with E-state index in [9.17, 15) is 18.0 Å². The lowest BCUT2D eigenvalue weighted by molar-refractivity contribution is 0.0868. The Kier molecular flexibility index (Phi) is 5.34. The molecule has 2 aliphatic heterocycles. The Morgan fingerprint density at radius 1 is 1.06 bits per heavy atom. The van der Waals surface area contributed by atoms with Crippen LogP contribution in [0, 0.1) is 0 Å². The molecule has 0 bridgehead atoms. The summed E-state index contributed by atoms with van der Waals surface area (Å²) in [4.78, 5) is 33.3. The van der Waals surface area contributed by atoms with Crippen molar-refractivity contribution in [1.82, 2.24) is 19.2 Å². The zero-order valence-electron chi connectivity index (χ0n) is 17.5. The van der Waals surface area contributed by atoms with Gasteiger partial charge in [0.05, 0.1) is 5.56 Å². The maximum atomic E-state index is 12.6. The number of H-pyrrole nitrogens is 1. The minimum atomic E-state index is -3.72. The minimum absolute atomic E-state index is 0.108. The molecule has 1 amide bonds. The number of nitrogens with zero attached hydrogens (tertiary/aromatic N) is 3. The van der Waals surface area contributed by atoms with E-state index in [0.717, 1.165) is 48.8 Å². The third-order valence-electron chi connectivity index (χ3n) is 6.39. The number of likely N-dealkylation sites (tertiary alicyclic amines) is 1. The van der Waals surface area contributed by atoms with Crippen molar-refractivity contribution in [2.24, 2.45) is 0 Å². The van der Waals surface area contributed by atoms with Crippen LogP contribution in [0.2, 0.25) is 0 Å². The summed E-state index contributed by atoms with van der Waals surface area (Å²) in [6, 6.07) is 8.32.